The van der Waals surface area contributed by atoms with Crippen molar-refractivity contribution in [1.82, 2.24) is 5.32 Å². The molecular weight excluding hydrogens is 340 g/mol. The van der Waals surface area contributed by atoms with Crippen molar-refractivity contribution in [2.45, 2.75) is 27.3 Å². The average molecular weight is 362 g/mol. The molecule has 0 bridgehead atoms. The van der Waals surface area contributed by atoms with Crippen LogP contribution in [-0.2, 0) is 6.54 Å². The van der Waals surface area contributed by atoms with Gasteiger partial charge in [-0.05, 0) is 68.3 Å². The Hall–Kier alpha value is -3.34. The molecule has 5 heteroatoms. The van der Waals surface area contributed by atoms with Gasteiger partial charge < -0.3 is 15.1 Å². The fraction of sp³-hybridized carbons (Fsp3) is 0.182. The molecule has 1 heterocycles. The highest BCUT2D eigenvalue weighted by molar-refractivity contribution is 6.05. The van der Waals surface area contributed by atoms with Gasteiger partial charge in [0.2, 0.25) is 0 Å². The van der Waals surface area contributed by atoms with Crippen molar-refractivity contribution in [3.05, 3.63) is 88.4 Å². The zero-order valence-corrected chi connectivity index (χ0v) is 15.6. The molecule has 0 saturated carbocycles. The van der Waals surface area contributed by atoms with E-state index < -0.39 is 0 Å². The molecule has 1 aromatic heterocycles. The molecule has 3 aromatic rings. The molecule has 0 radical (unpaired) electrons. The van der Waals surface area contributed by atoms with Crippen molar-refractivity contribution < 1.29 is 14.0 Å². The van der Waals surface area contributed by atoms with E-state index in [1.807, 2.05) is 32.9 Å². The Morgan fingerprint density at radius 3 is 2.04 bits per heavy atom. The van der Waals surface area contributed by atoms with Crippen LogP contribution in [0.5, 0.6) is 0 Å². The number of carbonyl (C=O) groups is 2. The number of benzene rings is 2. The molecule has 3 rings (SSSR count). The number of nitrogens with one attached hydrogen (secondary N) is 2. The van der Waals surface area contributed by atoms with Gasteiger partial charge in [-0.25, -0.2) is 0 Å². The highest BCUT2D eigenvalue weighted by atomic mass is 16.3. The van der Waals surface area contributed by atoms with E-state index >= 15 is 0 Å². The molecule has 2 aromatic carbocycles. The second-order valence-electron chi connectivity index (χ2n) is 6.57. The van der Waals surface area contributed by atoms with Gasteiger partial charge in [0, 0.05) is 16.8 Å². The highest BCUT2D eigenvalue weighted by Crippen LogP contribution is 2.22. The Bertz CT molecular complexity index is 935. The summed E-state index contributed by atoms with van der Waals surface area (Å²) in [7, 11) is 0. The molecule has 5 nitrogen and oxygen atoms in total. The largest absolute Gasteiger partial charge is 0.467 e. The molecule has 0 aliphatic heterocycles. The minimum atomic E-state index is -0.219. The lowest BCUT2D eigenvalue weighted by Crippen LogP contribution is -2.22. The molecule has 0 aliphatic rings. The summed E-state index contributed by atoms with van der Waals surface area (Å²) in [5.74, 6) is 0.263. The maximum Gasteiger partial charge on any atom is 0.255 e. The highest BCUT2D eigenvalue weighted by Gasteiger charge is 2.12. The number of carbonyl (C=O) groups excluding carboxylic acids is 2. The zero-order chi connectivity index (χ0) is 19.4. The number of hydrogen-bond donors (Lipinski definition) is 2. The van der Waals surface area contributed by atoms with E-state index in [-0.39, 0.29) is 11.8 Å². The number of rotatable bonds is 5. The lowest BCUT2D eigenvalue weighted by atomic mass is 10.0. The summed E-state index contributed by atoms with van der Waals surface area (Å²) >= 11 is 0. The Kier molecular flexibility index (Phi) is 5.41. The van der Waals surface area contributed by atoms with Crippen molar-refractivity contribution in [3.8, 4) is 0 Å². The standard InChI is InChI=1S/C22H22N2O3/c1-14-11-15(2)20(16(3)12-14)24-22(26)18-8-6-17(7-9-18)21(25)23-13-19-5-4-10-27-19/h4-12H,13H2,1-3H3,(H,23,25)(H,24,26). The predicted octanol–water partition coefficient (Wildman–Crippen LogP) is 4.39. The third-order valence-electron chi connectivity index (χ3n) is 4.33. The topological polar surface area (TPSA) is 71.3 Å². The van der Waals surface area contributed by atoms with Crippen LogP contribution < -0.4 is 10.6 Å². The molecular formula is C22H22N2O3. The second-order valence-corrected chi connectivity index (χ2v) is 6.57. The van der Waals surface area contributed by atoms with E-state index in [9.17, 15) is 9.59 Å². The first-order valence-electron chi connectivity index (χ1n) is 8.74. The lowest BCUT2D eigenvalue weighted by Gasteiger charge is -2.13. The van der Waals surface area contributed by atoms with Crippen molar-refractivity contribution in [2.75, 3.05) is 5.32 Å². The van der Waals surface area contributed by atoms with Crippen LogP contribution in [0.2, 0.25) is 0 Å². The van der Waals surface area contributed by atoms with Crippen LogP contribution >= 0.6 is 0 Å². The van der Waals surface area contributed by atoms with Crippen LogP contribution in [0.25, 0.3) is 0 Å². The number of amides is 2. The fourth-order valence-corrected chi connectivity index (χ4v) is 3.02. The van der Waals surface area contributed by atoms with Gasteiger partial charge in [0.05, 0.1) is 12.8 Å². The van der Waals surface area contributed by atoms with Gasteiger partial charge in [0.15, 0.2) is 0 Å². The summed E-state index contributed by atoms with van der Waals surface area (Å²) in [5.41, 5.74) is 5.01. The average Bonchev–Trinajstić information content (AvgIpc) is 3.16. The Morgan fingerprint density at radius 2 is 1.48 bits per heavy atom. The molecule has 0 saturated heterocycles. The lowest BCUT2D eigenvalue weighted by molar-refractivity contribution is 0.0946. The van der Waals surface area contributed by atoms with Gasteiger partial charge in [0.25, 0.3) is 11.8 Å². The summed E-state index contributed by atoms with van der Waals surface area (Å²) in [6.45, 7) is 6.30. The van der Waals surface area contributed by atoms with E-state index in [0.29, 0.717) is 23.4 Å². The molecule has 138 valence electrons. The van der Waals surface area contributed by atoms with Crippen LogP contribution in [-0.4, -0.2) is 11.8 Å². The molecule has 0 aliphatic carbocycles. The molecule has 0 unspecified atom stereocenters. The molecule has 27 heavy (non-hydrogen) atoms. The minimum absolute atomic E-state index is 0.201. The third-order valence-corrected chi connectivity index (χ3v) is 4.33. The number of furan rings is 1. The van der Waals surface area contributed by atoms with E-state index in [1.165, 1.54) is 0 Å². The molecule has 2 N–H and O–H groups in total. The maximum atomic E-state index is 12.5. The van der Waals surface area contributed by atoms with Gasteiger partial charge >= 0.3 is 0 Å². The van der Waals surface area contributed by atoms with Crippen LogP contribution in [0.4, 0.5) is 5.69 Å². The van der Waals surface area contributed by atoms with E-state index in [0.717, 1.165) is 22.4 Å². The number of aryl methyl sites for hydroxylation is 3. The summed E-state index contributed by atoms with van der Waals surface area (Å²) in [4.78, 5) is 24.7. The van der Waals surface area contributed by atoms with Gasteiger partial charge in [-0.1, -0.05) is 17.7 Å². The first kappa shape index (κ1) is 18.5. The van der Waals surface area contributed by atoms with Gasteiger partial charge in [-0.15, -0.1) is 0 Å². The number of anilines is 1. The zero-order valence-electron chi connectivity index (χ0n) is 15.6. The van der Waals surface area contributed by atoms with Gasteiger partial charge in [-0.3, -0.25) is 9.59 Å². The van der Waals surface area contributed by atoms with Crippen molar-refractivity contribution in [1.29, 1.82) is 0 Å². The van der Waals surface area contributed by atoms with Gasteiger partial charge in [0.1, 0.15) is 5.76 Å². The van der Waals surface area contributed by atoms with Crippen LogP contribution in [0.1, 0.15) is 43.2 Å². The van der Waals surface area contributed by atoms with Crippen LogP contribution in [0.15, 0.2) is 59.2 Å². The van der Waals surface area contributed by atoms with E-state index in [1.54, 1.807) is 42.7 Å². The first-order valence-corrected chi connectivity index (χ1v) is 8.74. The van der Waals surface area contributed by atoms with Gasteiger partial charge in [-0.2, -0.15) is 0 Å². The predicted molar refractivity (Wildman–Crippen MR) is 105 cm³/mol. The second kappa shape index (κ2) is 7.91. The molecule has 0 spiro atoms. The Labute approximate surface area is 158 Å². The summed E-state index contributed by atoms with van der Waals surface area (Å²) in [5, 5.41) is 5.74. The normalized spacial score (nSPS) is 10.5. The van der Waals surface area contributed by atoms with Crippen LogP contribution in [0, 0.1) is 20.8 Å². The number of hydrogen-bond acceptors (Lipinski definition) is 3. The Balaban J connectivity index is 1.66. The minimum Gasteiger partial charge on any atom is -0.467 e. The monoisotopic (exact) mass is 362 g/mol. The van der Waals surface area contributed by atoms with Crippen molar-refractivity contribution >= 4 is 17.5 Å². The fourth-order valence-electron chi connectivity index (χ4n) is 3.02. The third kappa shape index (κ3) is 4.44. The molecule has 0 fully saturated rings. The SMILES string of the molecule is Cc1cc(C)c(NC(=O)c2ccc(C(=O)NCc3ccco3)cc2)c(C)c1. The Morgan fingerprint density at radius 1 is 0.889 bits per heavy atom. The summed E-state index contributed by atoms with van der Waals surface area (Å²) in [6, 6.07) is 14.2. The summed E-state index contributed by atoms with van der Waals surface area (Å²) < 4.78 is 5.19. The smallest absolute Gasteiger partial charge is 0.255 e. The van der Waals surface area contributed by atoms with Crippen molar-refractivity contribution in [2.24, 2.45) is 0 Å². The van der Waals surface area contributed by atoms with Crippen molar-refractivity contribution in [3.63, 3.8) is 0 Å². The quantitative estimate of drug-likeness (QED) is 0.707. The molecule has 2 amide bonds. The maximum absolute atomic E-state index is 12.5. The summed E-state index contributed by atoms with van der Waals surface area (Å²) in [6.07, 6.45) is 1.56. The van der Waals surface area contributed by atoms with E-state index in [2.05, 4.69) is 10.6 Å². The van der Waals surface area contributed by atoms with Crippen LogP contribution in [0.3, 0.4) is 0 Å². The van der Waals surface area contributed by atoms with E-state index in [4.69, 9.17) is 4.42 Å². The molecule has 0 atom stereocenters. The first-order chi connectivity index (χ1) is 12.9.